The molecule has 4 aromatic rings. The number of hydrogen-bond donors (Lipinski definition) is 0. The van der Waals surface area contributed by atoms with Crippen LogP contribution < -0.4 is 4.80 Å². The Kier molecular flexibility index (Phi) is 5.49. The zero-order valence-electron chi connectivity index (χ0n) is 16.2. The molecule has 4 rings (SSSR count). The van der Waals surface area contributed by atoms with Crippen molar-refractivity contribution in [2.45, 2.75) is 13.5 Å². The average molecular weight is 418 g/mol. The highest BCUT2D eigenvalue weighted by Gasteiger charge is 2.13. The minimum atomic E-state index is -0.380. The van der Waals surface area contributed by atoms with Crippen LogP contribution in [0.1, 0.15) is 27.6 Å². The van der Waals surface area contributed by atoms with Crippen molar-refractivity contribution >= 4 is 44.5 Å². The molecule has 0 unspecified atom stereocenters. The molecule has 0 aliphatic carbocycles. The fraction of sp³-hybridized carbons (Fsp3) is 0.136. The predicted molar refractivity (Wildman–Crippen MR) is 115 cm³/mol. The number of ether oxygens (including phenoxy) is 1. The van der Waals surface area contributed by atoms with Crippen LogP contribution in [0.4, 0.5) is 0 Å². The quantitative estimate of drug-likeness (QED) is 0.364. The predicted octanol–water partition coefficient (Wildman–Crippen LogP) is 3.75. The van der Waals surface area contributed by atoms with Crippen LogP contribution in [-0.2, 0) is 11.3 Å². The number of thiazole rings is 1. The number of nitrogens with zero attached hydrogens (tertiary/aromatic N) is 4. The summed E-state index contributed by atoms with van der Waals surface area (Å²) in [4.78, 5) is 38.2. The summed E-state index contributed by atoms with van der Waals surface area (Å²) in [5.41, 5.74) is 3.10. The SMILES string of the molecule is C=CCn1c(=NC(=O)c2ccc3nccnc3c2)sc2cc(C(=O)OCC)ccc21. The molecule has 2 heterocycles. The number of carbonyl (C=O) groups excluding carboxylic acids is 2. The van der Waals surface area contributed by atoms with E-state index in [1.807, 2.05) is 10.6 Å². The molecular weight excluding hydrogens is 400 g/mol. The largest absolute Gasteiger partial charge is 0.462 e. The monoisotopic (exact) mass is 418 g/mol. The second kappa shape index (κ2) is 8.38. The van der Waals surface area contributed by atoms with E-state index in [0.717, 1.165) is 10.2 Å². The number of esters is 1. The first-order chi connectivity index (χ1) is 14.6. The van der Waals surface area contributed by atoms with Crippen LogP contribution in [-0.4, -0.2) is 33.0 Å². The summed E-state index contributed by atoms with van der Waals surface area (Å²) in [6.45, 7) is 6.35. The van der Waals surface area contributed by atoms with E-state index in [4.69, 9.17) is 4.74 Å². The van der Waals surface area contributed by atoms with E-state index in [9.17, 15) is 9.59 Å². The molecule has 8 heteroatoms. The second-order valence-electron chi connectivity index (χ2n) is 6.36. The van der Waals surface area contributed by atoms with Crippen molar-refractivity contribution in [3.63, 3.8) is 0 Å². The number of carbonyl (C=O) groups is 2. The van der Waals surface area contributed by atoms with E-state index in [-0.39, 0.29) is 11.9 Å². The molecule has 1 amide bonds. The topological polar surface area (TPSA) is 86.4 Å². The van der Waals surface area contributed by atoms with Crippen molar-refractivity contribution in [1.82, 2.24) is 14.5 Å². The fourth-order valence-corrected chi connectivity index (χ4v) is 4.13. The third kappa shape index (κ3) is 3.77. The molecule has 0 fully saturated rings. The van der Waals surface area contributed by atoms with Crippen molar-refractivity contribution in [3.05, 3.63) is 77.4 Å². The van der Waals surface area contributed by atoms with Crippen LogP contribution in [0.15, 0.2) is 66.4 Å². The molecule has 0 atom stereocenters. The Labute approximate surface area is 176 Å². The Morgan fingerprint density at radius 2 is 1.90 bits per heavy atom. The second-order valence-corrected chi connectivity index (χ2v) is 7.37. The van der Waals surface area contributed by atoms with Gasteiger partial charge in [0.05, 0.1) is 33.4 Å². The minimum absolute atomic E-state index is 0.309. The molecule has 0 N–H and O–H groups in total. The normalized spacial score (nSPS) is 11.7. The number of aromatic nitrogens is 3. The zero-order valence-corrected chi connectivity index (χ0v) is 17.1. The molecule has 0 aliphatic heterocycles. The van der Waals surface area contributed by atoms with Crippen LogP contribution >= 0.6 is 11.3 Å². The first kappa shape index (κ1) is 19.7. The lowest BCUT2D eigenvalue weighted by Gasteiger charge is -2.03. The van der Waals surface area contributed by atoms with E-state index in [2.05, 4.69) is 21.5 Å². The summed E-state index contributed by atoms with van der Waals surface area (Å²) in [6.07, 6.45) is 4.92. The molecule has 0 saturated heterocycles. The summed E-state index contributed by atoms with van der Waals surface area (Å²) >= 11 is 1.33. The van der Waals surface area contributed by atoms with Crippen molar-refractivity contribution < 1.29 is 14.3 Å². The Morgan fingerprint density at radius 1 is 1.13 bits per heavy atom. The van der Waals surface area contributed by atoms with Gasteiger partial charge in [-0.05, 0) is 43.3 Å². The van der Waals surface area contributed by atoms with Gasteiger partial charge in [0, 0.05) is 24.5 Å². The van der Waals surface area contributed by atoms with Crippen LogP contribution in [0, 0.1) is 0 Å². The first-order valence-electron chi connectivity index (χ1n) is 9.32. The molecule has 7 nitrogen and oxygen atoms in total. The summed E-state index contributed by atoms with van der Waals surface area (Å²) < 4.78 is 7.79. The molecule has 0 spiro atoms. The highest BCUT2D eigenvalue weighted by molar-refractivity contribution is 7.16. The number of amides is 1. The van der Waals surface area contributed by atoms with E-state index < -0.39 is 0 Å². The van der Waals surface area contributed by atoms with Gasteiger partial charge in [0.2, 0.25) is 0 Å². The van der Waals surface area contributed by atoms with Crippen LogP contribution in [0.25, 0.3) is 21.3 Å². The lowest BCUT2D eigenvalue weighted by Crippen LogP contribution is -2.16. The van der Waals surface area contributed by atoms with Gasteiger partial charge in [-0.25, -0.2) is 4.79 Å². The van der Waals surface area contributed by atoms with Gasteiger partial charge in [-0.2, -0.15) is 4.99 Å². The van der Waals surface area contributed by atoms with Crippen molar-refractivity contribution in [3.8, 4) is 0 Å². The van der Waals surface area contributed by atoms with Crippen molar-refractivity contribution in [2.75, 3.05) is 6.61 Å². The molecule has 30 heavy (non-hydrogen) atoms. The molecule has 0 aliphatic rings. The van der Waals surface area contributed by atoms with Gasteiger partial charge >= 0.3 is 5.97 Å². The van der Waals surface area contributed by atoms with Crippen molar-refractivity contribution in [2.24, 2.45) is 4.99 Å². The molecule has 0 radical (unpaired) electrons. The Bertz CT molecular complexity index is 1350. The van der Waals surface area contributed by atoms with Gasteiger partial charge in [0.25, 0.3) is 5.91 Å². The number of hydrogen-bond acceptors (Lipinski definition) is 6. The van der Waals surface area contributed by atoms with Gasteiger partial charge in [-0.3, -0.25) is 14.8 Å². The van der Waals surface area contributed by atoms with E-state index in [1.165, 1.54) is 11.3 Å². The molecule has 0 bridgehead atoms. The third-order valence-electron chi connectivity index (χ3n) is 4.42. The lowest BCUT2D eigenvalue weighted by molar-refractivity contribution is 0.0526. The standard InChI is InChI=1S/C22H18N4O3S/c1-3-11-26-18-8-6-15(21(28)29-4-2)13-19(18)30-22(26)25-20(27)14-5-7-16-17(12-14)24-10-9-23-16/h3,5-10,12-13H,1,4,11H2,2H3. The van der Waals surface area contributed by atoms with Crippen LogP contribution in [0.2, 0.25) is 0 Å². The Balaban J connectivity index is 1.79. The van der Waals surface area contributed by atoms with Crippen molar-refractivity contribution in [1.29, 1.82) is 0 Å². The van der Waals surface area contributed by atoms with E-state index in [0.29, 0.717) is 40.1 Å². The van der Waals surface area contributed by atoms with Gasteiger partial charge in [-0.1, -0.05) is 17.4 Å². The van der Waals surface area contributed by atoms with Gasteiger partial charge in [0.1, 0.15) is 0 Å². The molecular formula is C22H18N4O3S. The highest BCUT2D eigenvalue weighted by atomic mass is 32.1. The number of allylic oxidation sites excluding steroid dienone is 1. The van der Waals surface area contributed by atoms with Gasteiger partial charge in [-0.15, -0.1) is 6.58 Å². The Hall–Kier alpha value is -3.65. The number of rotatable bonds is 5. The highest BCUT2D eigenvalue weighted by Crippen LogP contribution is 2.20. The first-order valence-corrected chi connectivity index (χ1v) is 10.1. The minimum Gasteiger partial charge on any atom is -0.462 e. The van der Waals surface area contributed by atoms with E-state index >= 15 is 0 Å². The molecule has 150 valence electrons. The lowest BCUT2D eigenvalue weighted by atomic mass is 10.2. The number of fused-ring (bicyclic) bond motifs is 2. The third-order valence-corrected chi connectivity index (χ3v) is 5.46. The van der Waals surface area contributed by atoms with Crippen LogP contribution in [0.3, 0.4) is 0 Å². The molecule has 0 saturated carbocycles. The van der Waals surface area contributed by atoms with Gasteiger partial charge in [0.15, 0.2) is 4.80 Å². The maximum atomic E-state index is 12.8. The number of benzene rings is 2. The summed E-state index contributed by atoms with van der Waals surface area (Å²) in [6, 6.07) is 10.4. The maximum Gasteiger partial charge on any atom is 0.338 e. The Morgan fingerprint density at radius 3 is 2.67 bits per heavy atom. The van der Waals surface area contributed by atoms with E-state index in [1.54, 1.807) is 55.7 Å². The molecule has 2 aromatic carbocycles. The zero-order chi connectivity index (χ0) is 21.1. The summed E-state index contributed by atoms with van der Waals surface area (Å²) in [5.74, 6) is -0.757. The van der Waals surface area contributed by atoms with Crippen LogP contribution in [0.5, 0.6) is 0 Å². The molecule has 2 aromatic heterocycles. The summed E-state index contributed by atoms with van der Waals surface area (Å²) in [5, 5.41) is 0. The smallest absolute Gasteiger partial charge is 0.338 e. The maximum absolute atomic E-state index is 12.8. The summed E-state index contributed by atoms with van der Waals surface area (Å²) in [7, 11) is 0. The fourth-order valence-electron chi connectivity index (χ4n) is 3.05. The average Bonchev–Trinajstić information content (AvgIpc) is 3.10. The van der Waals surface area contributed by atoms with Gasteiger partial charge < -0.3 is 9.30 Å².